The summed E-state index contributed by atoms with van der Waals surface area (Å²) in [7, 11) is 0.422. The predicted molar refractivity (Wildman–Crippen MR) is 48.4 cm³/mol. The second-order valence-electron chi connectivity index (χ2n) is 3.15. The van der Waals surface area contributed by atoms with Gasteiger partial charge < -0.3 is 10.0 Å². The molecule has 1 heterocycles. The molecule has 0 aromatic carbocycles. The molecule has 6 nitrogen and oxygen atoms in total. The number of nitrogens with zero attached hydrogens (tertiary/aromatic N) is 1. The maximum atomic E-state index is 10.8. The molecule has 2 N–H and O–H groups in total. The molecule has 9 heteroatoms. The van der Waals surface area contributed by atoms with Gasteiger partial charge in [0.2, 0.25) is 13.3 Å². The molecule has 2 atom stereocenters. The third-order valence-electron chi connectivity index (χ3n) is 2.22. The van der Waals surface area contributed by atoms with Crippen LogP contribution in [-0.2, 0) is 31.2 Å². The number of rotatable bonds is 2. The van der Waals surface area contributed by atoms with E-state index in [9.17, 15) is 18.3 Å². The van der Waals surface area contributed by atoms with Crippen molar-refractivity contribution in [3.05, 3.63) is 0 Å². The van der Waals surface area contributed by atoms with Gasteiger partial charge in [0.1, 0.15) is 0 Å². The molecule has 0 aliphatic carbocycles. The smallest absolute Gasteiger partial charge is 0.294 e. The Morgan fingerprint density at radius 3 is 2.47 bits per heavy atom. The van der Waals surface area contributed by atoms with E-state index in [0.29, 0.717) is 19.4 Å². The number of amides is 1. The van der Waals surface area contributed by atoms with E-state index < -0.39 is 27.4 Å². The third kappa shape index (κ3) is 3.55. The number of likely N-dealkylation sites (tertiary alicyclic amines) is 1. The van der Waals surface area contributed by atoms with Crippen molar-refractivity contribution < 1.29 is 43.9 Å². The molecule has 1 saturated heterocycles. The number of aliphatic hydroxyl groups is 1. The van der Waals surface area contributed by atoms with Crippen LogP contribution in [0.2, 0.25) is 0 Å². The van der Waals surface area contributed by atoms with Crippen molar-refractivity contribution in [1.82, 2.24) is 4.90 Å². The van der Waals surface area contributed by atoms with Crippen molar-refractivity contribution in [2.45, 2.75) is 24.3 Å². The molecule has 15 heavy (non-hydrogen) atoms. The van der Waals surface area contributed by atoms with Crippen molar-refractivity contribution in [2.75, 3.05) is 6.54 Å². The van der Waals surface area contributed by atoms with E-state index in [1.54, 1.807) is 0 Å². The van der Waals surface area contributed by atoms with Crippen LogP contribution in [-0.4, -0.2) is 54.7 Å². The van der Waals surface area contributed by atoms with E-state index in [-0.39, 0.29) is 21.1 Å². The average molecular weight is 403 g/mol. The molecule has 1 aliphatic rings. The van der Waals surface area contributed by atoms with E-state index >= 15 is 0 Å². The molecule has 0 bridgehead atoms. The second kappa shape index (κ2) is 5.43. The van der Waals surface area contributed by atoms with Crippen LogP contribution in [0.1, 0.15) is 12.8 Å². The SMILES string of the molecule is [B]C(=O)N1CCC[C@@H]1C(O)S(=O)(=O)O.[W]. The van der Waals surface area contributed by atoms with Gasteiger partial charge in [-0.1, -0.05) is 0 Å². The van der Waals surface area contributed by atoms with Gasteiger partial charge in [0.15, 0.2) is 5.81 Å². The molecular formula is C6H10BNO5SW. The summed E-state index contributed by atoms with van der Waals surface area (Å²) in [6.45, 7) is 0.298. The Kier molecular flexibility index (Phi) is 5.46. The van der Waals surface area contributed by atoms with Crippen molar-refractivity contribution in [1.29, 1.82) is 0 Å². The third-order valence-corrected chi connectivity index (χ3v) is 3.14. The fraction of sp³-hybridized carbons (Fsp3) is 0.833. The topological polar surface area (TPSA) is 94.9 Å². The first-order chi connectivity index (χ1) is 6.34. The van der Waals surface area contributed by atoms with Crippen LogP contribution in [0.4, 0.5) is 4.79 Å². The molecule has 0 aromatic rings. The summed E-state index contributed by atoms with van der Waals surface area (Å²) >= 11 is 0. The number of hydrogen-bond donors (Lipinski definition) is 2. The number of hydrogen-bond acceptors (Lipinski definition) is 4. The Hall–Kier alpha value is 0.0932. The summed E-state index contributed by atoms with van der Waals surface area (Å²) in [4.78, 5) is 11.8. The molecule has 2 radical (unpaired) electrons. The minimum absolute atomic E-state index is 0. The van der Waals surface area contributed by atoms with E-state index in [0.717, 1.165) is 4.90 Å². The van der Waals surface area contributed by atoms with Crippen LogP contribution in [0.25, 0.3) is 0 Å². The fourth-order valence-electron chi connectivity index (χ4n) is 1.56. The Morgan fingerprint density at radius 1 is 1.53 bits per heavy atom. The Morgan fingerprint density at radius 2 is 2.07 bits per heavy atom. The summed E-state index contributed by atoms with van der Waals surface area (Å²) in [6, 6.07) is -0.942. The number of carbonyl (C=O) groups is 1. The van der Waals surface area contributed by atoms with E-state index in [1.165, 1.54) is 0 Å². The van der Waals surface area contributed by atoms with Gasteiger partial charge in [-0.2, -0.15) is 8.42 Å². The first kappa shape index (κ1) is 15.1. The van der Waals surface area contributed by atoms with E-state index in [2.05, 4.69) is 0 Å². The molecule has 1 amide bonds. The van der Waals surface area contributed by atoms with Crippen molar-refractivity contribution in [2.24, 2.45) is 0 Å². The first-order valence-electron chi connectivity index (χ1n) is 4.04. The minimum atomic E-state index is -4.55. The Labute approximate surface area is 103 Å². The second-order valence-corrected chi connectivity index (χ2v) is 4.66. The standard InChI is InChI=1S/C6H10BNO5S.W/c7-6(10)8-3-1-2-4(8)5(9)14(11,12)13;/h4-5,9H,1-3H2,(H,11,12,13);/t4-,5?;/m1./s1. The van der Waals surface area contributed by atoms with Gasteiger partial charge in [-0.15, -0.1) is 0 Å². The Bertz CT molecular complexity index is 334. The molecule has 1 unspecified atom stereocenters. The first-order valence-corrected chi connectivity index (χ1v) is 5.55. The summed E-state index contributed by atoms with van der Waals surface area (Å²) in [5.74, 6) is -0.796. The summed E-state index contributed by atoms with van der Waals surface area (Å²) in [5, 5.41) is 9.22. The van der Waals surface area contributed by atoms with Gasteiger partial charge in [0, 0.05) is 27.6 Å². The molecule has 84 valence electrons. The predicted octanol–water partition coefficient (Wildman–Crippen LogP) is -1.06. The van der Waals surface area contributed by atoms with Crippen molar-refractivity contribution >= 4 is 23.8 Å². The molecular weight excluding hydrogens is 393 g/mol. The molecule has 0 saturated carbocycles. The van der Waals surface area contributed by atoms with Crippen molar-refractivity contribution in [3.8, 4) is 0 Å². The monoisotopic (exact) mass is 403 g/mol. The van der Waals surface area contributed by atoms with Gasteiger partial charge in [-0.05, 0) is 12.8 Å². The molecule has 1 rings (SSSR count). The zero-order chi connectivity index (χ0) is 10.9. The maximum absolute atomic E-state index is 10.8. The number of carbonyl (C=O) groups excluding carboxylic acids is 1. The van der Waals surface area contributed by atoms with Crippen LogP contribution < -0.4 is 0 Å². The van der Waals surface area contributed by atoms with Gasteiger partial charge >= 0.3 is 0 Å². The Balaban J connectivity index is 0.00000196. The minimum Gasteiger partial charge on any atom is -0.373 e. The van der Waals surface area contributed by atoms with Crippen LogP contribution >= 0.6 is 0 Å². The van der Waals surface area contributed by atoms with Gasteiger partial charge in [0.25, 0.3) is 10.1 Å². The number of aliphatic hydroxyl groups excluding tert-OH is 1. The average Bonchev–Trinajstić information content (AvgIpc) is 2.48. The van der Waals surface area contributed by atoms with Crippen LogP contribution in [0.3, 0.4) is 0 Å². The van der Waals surface area contributed by atoms with Gasteiger partial charge in [-0.3, -0.25) is 9.35 Å². The van der Waals surface area contributed by atoms with Crippen LogP contribution in [0.5, 0.6) is 0 Å². The normalized spacial score (nSPS) is 23.3. The van der Waals surface area contributed by atoms with E-state index in [1.807, 2.05) is 0 Å². The quantitative estimate of drug-likeness (QED) is 0.453. The molecule has 0 spiro atoms. The van der Waals surface area contributed by atoms with E-state index in [4.69, 9.17) is 12.4 Å². The fourth-order valence-corrected chi connectivity index (χ4v) is 2.24. The van der Waals surface area contributed by atoms with Crippen molar-refractivity contribution in [3.63, 3.8) is 0 Å². The van der Waals surface area contributed by atoms with Gasteiger partial charge in [-0.25, -0.2) is 0 Å². The summed E-state index contributed by atoms with van der Waals surface area (Å²) in [5.41, 5.74) is -1.97. The molecule has 1 aliphatic heterocycles. The molecule has 1 fully saturated rings. The van der Waals surface area contributed by atoms with Gasteiger partial charge in [0.05, 0.1) is 6.04 Å². The maximum Gasteiger partial charge on any atom is 0.294 e. The summed E-state index contributed by atoms with van der Waals surface area (Å²) < 4.78 is 29.8. The largest absolute Gasteiger partial charge is 0.373 e. The summed E-state index contributed by atoms with van der Waals surface area (Å²) in [6.07, 6.45) is 0.865. The zero-order valence-corrected chi connectivity index (χ0v) is 11.5. The molecule has 0 aromatic heterocycles. The van der Waals surface area contributed by atoms with Crippen LogP contribution in [0.15, 0.2) is 0 Å². The van der Waals surface area contributed by atoms with Crippen LogP contribution in [0, 0.1) is 0 Å². The zero-order valence-electron chi connectivity index (χ0n) is 7.74.